The molecule has 23 heavy (non-hydrogen) atoms. The molecule has 0 aliphatic rings. The van der Waals surface area contributed by atoms with E-state index in [4.69, 9.17) is 27.9 Å². The fraction of sp³-hybridized carbons (Fsp3) is 0.400. The van der Waals surface area contributed by atoms with Crippen LogP contribution in [0.15, 0.2) is 18.2 Å². The molecule has 1 aromatic rings. The molecule has 0 aromatic heterocycles. The minimum Gasteiger partial charge on any atom is -0.455 e. The van der Waals surface area contributed by atoms with E-state index < -0.39 is 24.5 Å². The van der Waals surface area contributed by atoms with Crippen LogP contribution in [0.25, 0.3) is 0 Å². The van der Waals surface area contributed by atoms with Gasteiger partial charge in [-0.1, -0.05) is 29.3 Å². The lowest BCUT2D eigenvalue weighted by molar-refractivity contribution is -0.148. The van der Waals surface area contributed by atoms with Crippen LogP contribution < -0.4 is 10.6 Å². The third kappa shape index (κ3) is 6.46. The first-order valence-corrected chi connectivity index (χ1v) is 7.76. The molecule has 0 aliphatic heterocycles. The molecule has 126 valence electrons. The second-order valence-electron chi connectivity index (χ2n) is 4.72. The quantitative estimate of drug-likeness (QED) is 0.725. The lowest BCUT2D eigenvalue weighted by Gasteiger charge is -2.13. The molecule has 0 saturated heterocycles. The molecular formula is C15H18Cl2N2O4. The molecule has 6 nitrogen and oxygen atoms in total. The Bertz CT molecular complexity index is 573. The maximum atomic E-state index is 11.7. The maximum Gasteiger partial charge on any atom is 0.310 e. The zero-order valence-electron chi connectivity index (χ0n) is 12.8. The Balaban J connectivity index is 2.44. The van der Waals surface area contributed by atoms with Gasteiger partial charge in [-0.2, -0.15) is 0 Å². The van der Waals surface area contributed by atoms with Crippen LogP contribution in [0.2, 0.25) is 10.0 Å². The number of carbonyl (C=O) groups excluding carboxylic acids is 3. The number of amides is 2. The van der Waals surface area contributed by atoms with Gasteiger partial charge in [-0.15, -0.1) is 0 Å². The summed E-state index contributed by atoms with van der Waals surface area (Å²) in [4.78, 5) is 34.8. The average molecular weight is 361 g/mol. The lowest BCUT2D eigenvalue weighted by atomic mass is 10.1. The van der Waals surface area contributed by atoms with E-state index in [1.807, 2.05) is 0 Å². The first-order chi connectivity index (χ1) is 10.8. The Morgan fingerprint density at radius 3 is 2.39 bits per heavy atom. The van der Waals surface area contributed by atoms with Gasteiger partial charge in [0.15, 0.2) is 6.61 Å². The van der Waals surface area contributed by atoms with Crippen molar-refractivity contribution in [3.8, 4) is 0 Å². The molecule has 1 atom stereocenters. The van der Waals surface area contributed by atoms with Crippen LogP contribution in [0, 0.1) is 0 Å². The zero-order valence-corrected chi connectivity index (χ0v) is 14.3. The number of ether oxygens (including phenoxy) is 1. The van der Waals surface area contributed by atoms with E-state index in [0.29, 0.717) is 22.2 Å². The normalized spacial score (nSPS) is 11.5. The molecule has 0 spiro atoms. The Labute approximate surface area is 144 Å². The second kappa shape index (κ2) is 9.37. The summed E-state index contributed by atoms with van der Waals surface area (Å²) in [5, 5.41) is 5.70. The Morgan fingerprint density at radius 1 is 1.22 bits per heavy atom. The summed E-state index contributed by atoms with van der Waals surface area (Å²) in [5.41, 5.74) is 0.442. The van der Waals surface area contributed by atoms with Crippen LogP contribution in [0.3, 0.4) is 0 Å². The molecule has 0 bridgehead atoms. The number of halogens is 2. The van der Waals surface area contributed by atoms with Crippen LogP contribution in [-0.4, -0.2) is 37.0 Å². The maximum absolute atomic E-state index is 11.7. The van der Waals surface area contributed by atoms with Gasteiger partial charge in [0, 0.05) is 22.2 Å². The van der Waals surface area contributed by atoms with Crippen LogP contribution in [0.4, 0.5) is 0 Å². The average Bonchev–Trinajstić information content (AvgIpc) is 2.49. The molecule has 0 unspecified atom stereocenters. The third-order valence-corrected chi connectivity index (χ3v) is 3.58. The van der Waals surface area contributed by atoms with Crippen molar-refractivity contribution in [3.63, 3.8) is 0 Å². The van der Waals surface area contributed by atoms with Gasteiger partial charge in [0.2, 0.25) is 5.91 Å². The number of hydrogen-bond donors (Lipinski definition) is 2. The Hall–Kier alpha value is -1.79. The first kappa shape index (κ1) is 19.3. The molecule has 0 fully saturated rings. The van der Waals surface area contributed by atoms with Crippen molar-refractivity contribution in [1.29, 1.82) is 0 Å². The number of esters is 1. The van der Waals surface area contributed by atoms with Crippen molar-refractivity contribution in [2.24, 2.45) is 0 Å². The van der Waals surface area contributed by atoms with Gasteiger partial charge in [-0.05, 0) is 26.0 Å². The van der Waals surface area contributed by atoms with E-state index in [1.165, 1.54) is 6.92 Å². The van der Waals surface area contributed by atoms with Crippen molar-refractivity contribution < 1.29 is 19.1 Å². The van der Waals surface area contributed by atoms with Crippen molar-refractivity contribution in [2.45, 2.75) is 26.3 Å². The largest absolute Gasteiger partial charge is 0.455 e. The van der Waals surface area contributed by atoms with Crippen molar-refractivity contribution in [3.05, 3.63) is 33.8 Å². The number of rotatable bonds is 7. The molecule has 2 amide bonds. The van der Waals surface area contributed by atoms with Crippen molar-refractivity contribution in [1.82, 2.24) is 10.6 Å². The fourth-order valence-corrected chi connectivity index (χ4v) is 2.25. The van der Waals surface area contributed by atoms with Gasteiger partial charge in [0.25, 0.3) is 5.91 Å². The Morgan fingerprint density at radius 2 is 1.83 bits per heavy atom. The Kier molecular flexibility index (Phi) is 7.85. The molecule has 8 heteroatoms. The molecule has 0 heterocycles. The van der Waals surface area contributed by atoms with Crippen molar-refractivity contribution in [2.75, 3.05) is 13.2 Å². The highest BCUT2D eigenvalue weighted by Crippen LogP contribution is 2.24. The fourth-order valence-electron chi connectivity index (χ4n) is 1.72. The number of likely N-dealkylation sites (N-methyl/N-ethyl adjacent to an activating group) is 1. The van der Waals surface area contributed by atoms with E-state index in [9.17, 15) is 14.4 Å². The van der Waals surface area contributed by atoms with E-state index >= 15 is 0 Å². The number of benzene rings is 1. The molecule has 0 saturated carbocycles. The molecular weight excluding hydrogens is 343 g/mol. The molecule has 1 aromatic carbocycles. The highest BCUT2D eigenvalue weighted by molar-refractivity contribution is 6.36. The topological polar surface area (TPSA) is 84.5 Å². The van der Waals surface area contributed by atoms with E-state index in [1.54, 1.807) is 25.1 Å². The van der Waals surface area contributed by atoms with Gasteiger partial charge >= 0.3 is 5.97 Å². The first-order valence-electron chi connectivity index (χ1n) is 7.00. The highest BCUT2D eigenvalue weighted by Gasteiger charge is 2.17. The SMILES string of the molecule is CCNC(=O)[C@H](C)NC(=O)COC(=O)Cc1c(Cl)cccc1Cl. The summed E-state index contributed by atoms with van der Waals surface area (Å²) in [5.74, 6) is -1.52. The standard InChI is InChI=1S/C15H18Cl2N2O4/c1-3-18-15(22)9(2)19-13(20)8-23-14(21)7-10-11(16)5-4-6-12(10)17/h4-6,9H,3,7-8H2,1-2H3,(H,18,22)(H,19,20)/t9-/m0/s1. The van der Waals surface area contributed by atoms with E-state index in [2.05, 4.69) is 10.6 Å². The summed E-state index contributed by atoms with van der Waals surface area (Å²) in [7, 11) is 0. The summed E-state index contributed by atoms with van der Waals surface area (Å²) in [6.07, 6.45) is -0.141. The summed E-state index contributed by atoms with van der Waals surface area (Å²) in [6, 6.07) is 4.17. The van der Waals surface area contributed by atoms with Crippen LogP contribution in [0.1, 0.15) is 19.4 Å². The second-order valence-corrected chi connectivity index (χ2v) is 5.54. The van der Waals surface area contributed by atoms with Crippen LogP contribution >= 0.6 is 23.2 Å². The molecule has 2 N–H and O–H groups in total. The lowest BCUT2D eigenvalue weighted by Crippen LogP contribution is -2.46. The minimum absolute atomic E-state index is 0.141. The zero-order chi connectivity index (χ0) is 17.4. The van der Waals surface area contributed by atoms with E-state index in [0.717, 1.165) is 0 Å². The number of nitrogens with one attached hydrogen (secondary N) is 2. The summed E-state index contributed by atoms with van der Waals surface area (Å²) < 4.78 is 4.86. The monoisotopic (exact) mass is 360 g/mol. The van der Waals surface area contributed by atoms with Gasteiger partial charge < -0.3 is 15.4 Å². The smallest absolute Gasteiger partial charge is 0.310 e. The predicted octanol–water partition coefficient (Wildman–Crippen LogP) is 1.72. The number of carbonyl (C=O) groups is 3. The van der Waals surface area contributed by atoms with Gasteiger partial charge in [-0.3, -0.25) is 14.4 Å². The summed E-state index contributed by atoms with van der Waals surface area (Å²) >= 11 is 11.9. The van der Waals surface area contributed by atoms with Gasteiger partial charge in [0.1, 0.15) is 6.04 Å². The molecule has 0 radical (unpaired) electrons. The third-order valence-electron chi connectivity index (χ3n) is 2.87. The summed E-state index contributed by atoms with van der Waals surface area (Å²) in [6.45, 7) is 3.29. The highest BCUT2D eigenvalue weighted by atomic mass is 35.5. The van der Waals surface area contributed by atoms with Crippen molar-refractivity contribution >= 4 is 41.0 Å². The van der Waals surface area contributed by atoms with Gasteiger partial charge in [0.05, 0.1) is 6.42 Å². The minimum atomic E-state index is -0.709. The molecule has 0 aliphatic carbocycles. The predicted molar refractivity (Wildman–Crippen MR) is 87.4 cm³/mol. The van der Waals surface area contributed by atoms with Crippen LogP contribution in [0.5, 0.6) is 0 Å². The van der Waals surface area contributed by atoms with Gasteiger partial charge in [-0.25, -0.2) is 0 Å². The molecule has 1 rings (SSSR count). The van der Waals surface area contributed by atoms with Crippen LogP contribution in [-0.2, 0) is 25.5 Å². The van der Waals surface area contributed by atoms with E-state index in [-0.39, 0.29) is 12.3 Å². The number of hydrogen-bond acceptors (Lipinski definition) is 4.